The zero-order chi connectivity index (χ0) is 16.6. The average Bonchev–Trinajstić information content (AvgIpc) is 2.51. The number of hydrogen-bond acceptors (Lipinski definition) is 4. The molecule has 2 aromatic carbocycles. The van der Waals surface area contributed by atoms with Crippen LogP contribution in [0.3, 0.4) is 0 Å². The number of amides is 1. The molecule has 5 nitrogen and oxygen atoms in total. The molecule has 120 valence electrons. The van der Waals surface area contributed by atoms with Crippen molar-refractivity contribution in [3.63, 3.8) is 0 Å². The zero-order valence-electron chi connectivity index (χ0n) is 12.4. The van der Waals surface area contributed by atoms with Gasteiger partial charge in [-0.15, -0.1) is 0 Å². The van der Waals surface area contributed by atoms with Gasteiger partial charge in [0.2, 0.25) is 5.91 Å². The van der Waals surface area contributed by atoms with Crippen LogP contribution in [0.5, 0.6) is 0 Å². The van der Waals surface area contributed by atoms with Gasteiger partial charge < -0.3 is 9.80 Å². The van der Waals surface area contributed by atoms with Gasteiger partial charge in [-0.25, -0.2) is 8.42 Å². The maximum absolute atomic E-state index is 12.4. The lowest BCUT2D eigenvalue weighted by Gasteiger charge is -2.35. The number of carbonyl (C=O) groups is 1. The molecule has 23 heavy (non-hydrogen) atoms. The van der Waals surface area contributed by atoms with Crippen molar-refractivity contribution in [1.82, 2.24) is 0 Å². The van der Waals surface area contributed by atoms with E-state index in [-0.39, 0.29) is 17.3 Å². The van der Waals surface area contributed by atoms with Gasteiger partial charge in [0.05, 0.1) is 29.4 Å². The third-order valence-corrected chi connectivity index (χ3v) is 5.14. The summed E-state index contributed by atoms with van der Waals surface area (Å²) in [5.74, 6) is -0.0898. The van der Waals surface area contributed by atoms with Crippen LogP contribution >= 0.6 is 10.7 Å². The highest BCUT2D eigenvalue weighted by atomic mass is 35.7. The van der Waals surface area contributed by atoms with Crippen molar-refractivity contribution >= 4 is 37.0 Å². The Morgan fingerprint density at radius 3 is 2.43 bits per heavy atom. The summed E-state index contributed by atoms with van der Waals surface area (Å²) in [7, 11) is 3.38. The van der Waals surface area contributed by atoms with Gasteiger partial charge in [-0.05, 0) is 23.8 Å². The Balaban J connectivity index is 2.08. The number of carbonyl (C=O) groups excluding carboxylic acids is 1. The van der Waals surface area contributed by atoms with E-state index in [4.69, 9.17) is 10.7 Å². The van der Waals surface area contributed by atoms with E-state index in [2.05, 4.69) is 0 Å². The molecular weight excluding hydrogens is 336 g/mol. The maximum atomic E-state index is 12.4. The molecule has 0 bridgehead atoms. The monoisotopic (exact) mass is 350 g/mol. The van der Waals surface area contributed by atoms with Crippen molar-refractivity contribution < 1.29 is 13.2 Å². The predicted octanol–water partition coefficient (Wildman–Crippen LogP) is 2.60. The minimum atomic E-state index is -3.85. The van der Waals surface area contributed by atoms with Gasteiger partial charge in [0.25, 0.3) is 9.05 Å². The van der Waals surface area contributed by atoms with Crippen molar-refractivity contribution in [3.05, 3.63) is 54.1 Å². The summed E-state index contributed by atoms with van der Waals surface area (Å²) in [4.78, 5) is 15.8. The summed E-state index contributed by atoms with van der Waals surface area (Å²) in [6.07, 6.45) is 0. The molecule has 0 saturated carbocycles. The minimum Gasteiger partial charge on any atom is -0.364 e. The molecule has 0 N–H and O–H groups in total. The summed E-state index contributed by atoms with van der Waals surface area (Å²) in [5, 5.41) is 0. The predicted molar refractivity (Wildman–Crippen MR) is 90.4 cm³/mol. The molecule has 0 atom stereocenters. The average molecular weight is 351 g/mol. The van der Waals surface area contributed by atoms with E-state index >= 15 is 0 Å². The van der Waals surface area contributed by atoms with Gasteiger partial charge in [0.15, 0.2) is 0 Å². The van der Waals surface area contributed by atoms with Gasteiger partial charge in [0.1, 0.15) is 0 Å². The van der Waals surface area contributed by atoms with E-state index in [1.165, 1.54) is 12.1 Å². The summed E-state index contributed by atoms with van der Waals surface area (Å²) in [6.45, 7) is 0.624. The van der Waals surface area contributed by atoms with Gasteiger partial charge in [-0.3, -0.25) is 4.79 Å². The first-order valence-corrected chi connectivity index (χ1v) is 9.31. The number of anilines is 2. The topological polar surface area (TPSA) is 57.7 Å². The normalized spacial score (nSPS) is 14.8. The highest BCUT2D eigenvalue weighted by Gasteiger charge is 2.28. The Hall–Kier alpha value is -2.05. The lowest BCUT2D eigenvalue weighted by molar-refractivity contribution is -0.117. The molecule has 0 unspecified atom stereocenters. The highest BCUT2D eigenvalue weighted by molar-refractivity contribution is 8.13. The fourth-order valence-corrected chi connectivity index (χ4v) is 3.41. The van der Waals surface area contributed by atoms with Crippen molar-refractivity contribution in [1.29, 1.82) is 0 Å². The van der Waals surface area contributed by atoms with Crippen LogP contribution in [0.15, 0.2) is 53.4 Å². The second kappa shape index (κ2) is 5.86. The summed E-state index contributed by atoms with van der Waals surface area (Å²) in [6, 6.07) is 14.1. The van der Waals surface area contributed by atoms with Crippen molar-refractivity contribution in [3.8, 4) is 0 Å². The Kier molecular flexibility index (Phi) is 4.04. The summed E-state index contributed by atoms with van der Waals surface area (Å²) in [5.41, 5.74) is 2.31. The first-order chi connectivity index (χ1) is 10.9. The highest BCUT2D eigenvalue weighted by Crippen LogP contribution is 2.36. The molecule has 0 saturated heterocycles. The number of rotatable bonds is 3. The first kappa shape index (κ1) is 15.8. The number of hydrogen-bond donors (Lipinski definition) is 0. The maximum Gasteiger partial charge on any atom is 0.261 e. The van der Waals surface area contributed by atoms with E-state index in [1.54, 1.807) is 22.9 Å². The molecule has 0 aliphatic carbocycles. The number of fused-ring (bicyclic) bond motifs is 1. The van der Waals surface area contributed by atoms with Crippen LogP contribution in [0.25, 0.3) is 0 Å². The largest absolute Gasteiger partial charge is 0.364 e. The third kappa shape index (κ3) is 3.18. The fourth-order valence-electron chi connectivity index (χ4n) is 2.64. The van der Waals surface area contributed by atoms with Crippen molar-refractivity contribution in [2.45, 2.75) is 11.4 Å². The SMILES string of the molecule is CN1CC(=O)N(Cc2ccccc2)c2cc(S(=O)(=O)Cl)ccc21. The van der Waals surface area contributed by atoms with E-state index in [0.29, 0.717) is 12.2 Å². The number of benzene rings is 2. The molecule has 1 aliphatic rings. The molecule has 1 heterocycles. The van der Waals surface area contributed by atoms with Crippen molar-refractivity contribution in [2.75, 3.05) is 23.4 Å². The molecule has 0 radical (unpaired) electrons. The molecule has 2 aromatic rings. The number of halogens is 1. The summed E-state index contributed by atoms with van der Waals surface area (Å²) < 4.78 is 23.2. The van der Waals surface area contributed by atoms with E-state index in [9.17, 15) is 13.2 Å². The molecular formula is C16H15ClN2O3S. The van der Waals surface area contributed by atoms with Crippen LogP contribution in [-0.2, 0) is 20.4 Å². The Labute approximate surface area is 139 Å². The van der Waals surface area contributed by atoms with Gasteiger partial charge in [-0.2, -0.15) is 0 Å². The molecule has 3 rings (SSSR count). The Morgan fingerprint density at radius 2 is 1.78 bits per heavy atom. The molecule has 7 heteroatoms. The zero-order valence-corrected chi connectivity index (χ0v) is 14.0. The number of nitrogens with zero attached hydrogens (tertiary/aromatic N) is 2. The van der Waals surface area contributed by atoms with Crippen LogP contribution in [0.1, 0.15) is 5.56 Å². The minimum absolute atomic E-state index is 0.0147. The molecule has 1 amide bonds. The smallest absolute Gasteiger partial charge is 0.261 e. The Morgan fingerprint density at radius 1 is 1.09 bits per heavy atom. The van der Waals surface area contributed by atoms with E-state index < -0.39 is 9.05 Å². The van der Waals surface area contributed by atoms with Gasteiger partial charge in [0, 0.05) is 17.7 Å². The molecule has 0 fully saturated rings. The Bertz CT molecular complexity index is 853. The van der Waals surface area contributed by atoms with Crippen LogP contribution < -0.4 is 9.80 Å². The second-order valence-corrected chi connectivity index (χ2v) is 7.98. The number of likely N-dealkylation sites (N-methyl/N-ethyl adjacent to an activating group) is 1. The van der Waals surface area contributed by atoms with Crippen LogP contribution in [-0.4, -0.2) is 27.9 Å². The quantitative estimate of drug-likeness (QED) is 0.798. The van der Waals surface area contributed by atoms with Crippen molar-refractivity contribution in [2.24, 2.45) is 0 Å². The van der Waals surface area contributed by atoms with Crippen LogP contribution in [0, 0.1) is 0 Å². The van der Waals surface area contributed by atoms with E-state index in [0.717, 1.165) is 11.3 Å². The first-order valence-electron chi connectivity index (χ1n) is 7.00. The van der Waals surface area contributed by atoms with Gasteiger partial charge >= 0.3 is 0 Å². The summed E-state index contributed by atoms with van der Waals surface area (Å²) >= 11 is 0. The standard InChI is InChI=1S/C16H15ClN2O3S/c1-18-11-16(20)19(10-12-5-3-2-4-6-12)15-9-13(23(17,21)22)7-8-14(15)18/h2-9H,10-11H2,1H3. The van der Waals surface area contributed by atoms with Crippen LogP contribution in [0.4, 0.5) is 11.4 Å². The molecule has 1 aliphatic heterocycles. The van der Waals surface area contributed by atoms with E-state index in [1.807, 2.05) is 30.3 Å². The molecule has 0 aromatic heterocycles. The molecule has 0 spiro atoms. The lowest BCUT2D eigenvalue weighted by Crippen LogP contribution is -2.43. The fraction of sp³-hybridized carbons (Fsp3) is 0.188. The van der Waals surface area contributed by atoms with Crippen LogP contribution in [0.2, 0.25) is 0 Å². The second-order valence-electron chi connectivity index (χ2n) is 5.41. The van der Waals surface area contributed by atoms with Gasteiger partial charge in [-0.1, -0.05) is 30.3 Å². The lowest BCUT2D eigenvalue weighted by atomic mass is 10.1. The third-order valence-electron chi connectivity index (χ3n) is 3.79.